The van der Waals surface area contributed by atoms with Crippen molar-refractivity contribution in [2.24, 2.45) is 0 Å². The summed E-state index contributed by atoms with van der Waals surface area (Å²) in [6.07, 6.45) is 0. The van der Waals surface area contributed by atoms with Crippen molar-refractivity contribution in [1.29, 1.82) is 0 Å². The molecule has 0 bridgehead atoms. The molecule has 1 rings (SSSR count). The normalized spacial score (nSPS) is 10.2. The van der Waals surface area contributed by atoms with Gasteiger partial charge < -0.3 is 14.6 Å². The maximum atomic E-state index is 10.8. The van der Waals surface area contributed by atoms with Gasteiger partial charge >= 0.3 is 5.69 Å². The summed E-state index contributed by atoms with van der Waals surface area (Å²) < 4.78 is 10.2. The standard InChI is InChI=1S/C11H15NO5/c1-9-2-3-11(10(8-9)12(14)15)17-7-6-16-5-4-13/h2-3,8,13H,4-7H2,1H3. The van der Waals surface area contributed by atoms with Crippen molar-refractivity contribution in [2.75, 3.05) is 26.4 Å². The van der Waals surface area contributed by atoms with Crippen LogP contribution in [-0.2, 0) is 4.74 Å². The average molecular weight is 241 g/mol. The second-order valence-electron chi connectivity index (χ2n) is 3.41. The largest absolute Gasteiger partial charge is 0.484 e. The Hall–Kier alpha value is -1.66. The molecule has 0 aliphatic heterocycles. The first-order chi connectivity index (χ1) is 8.15. The van der Waals surface area contributed by atoms with E-state index < -0.39 is 4.92 Å². The second kappa shape index (κ2) is 6.82. The minimum absolute atomic E-state index is 0.0489. The summed E-state index contributed by atoms with van der Waals surface area (Å²) in [5.74, 6) is 0.230. The Bertz CT molecular complexity index is 380. The molecule has 0 aliphatic rings. The van der Waals surface area contributed by atoms with Crippen LogP contribution in [0.2, 0.25) is 0 Å². The maximum Gasteiger partial charge on any atom is 0.311 e. The first-order valence-corrected chi connectivity index (χ1v) is 5.21. The van der Waals surface area contributed by atoms with Gasteiger partial charge in [-0.2, -0.15) is 0 Å². The molecule has 1 N–H and O–H groups in total. The van der Waals surface area contributed by atoms with E-state index in [4.69, 9.17) is 14.6 Å². The number of nitrogens with zero attached hydrogens (tertiary/aromatic N) is 1. The van der Waals surface area contributed by atoms with Gasteiger partial charge in [-0.1, -0.05) is 6.07 Å². The highest BCUT2D eigenvalue weighted by molar-refractivity contribution is 5.48. The molecule has 1 aromatic carbocycles. The van der Waals surface area contributed by atoms with Gasteiger partial charge in [-0.3, -0.25) is 10.1 Å². The molecule has 0 aromatic heterocycles. The summed E-state index contributed by atoms with van der Waals surface area (Å²) >= 11 is 0. The van der Waals surface area contributed by atoms with Crippen molar-refractivity contribution in [2.45, 2.75) is 6.92 Å². The van der Waals surface area contributed by atoms with Gasteiger partial charge in [0.25, 0.3) is 0 Å². The van der Waals surface area contributed by atoms with Crippen LogP contribution in [0.15, 0.2) is 18.2 Å². The lowest BCUT2D eigenvalue weighted by atomic mass is 10.2. The number of aliphatic hydroxyl groups is 1. The van der Waals surface area contributed by atoms with Crippen LogP contribution in [0.4, 0.5) is 5.69 Å². The molecule has 0 atom stereocenters. The van der Waals surface area contributed by atoms with Gasteiger partial charge in [-0.25, -0.2) is 0 Å². The fourth-order valence-electron chi connectivity index (χ4n) is 1.27. The van der Waals surface area contributed by atoms with E-state index in [1.54, 1.807) is 19.1 Å². The zero-order valence-electron chi connectivity index (χ0n) is 9.59. The van der Waals surface area contributed by atoms with E-state index in [1.165, 1.54) is 6.07 Å². The molecule has 0 heterocycles. The first kappa shape index (κ1) is 13.4. The fraction of sp³-hybridized carbons (Fsp3) is 0.455. The van der Waals surface area contributed by atoms with Crippen LogP contribution in [0.3, 0.4) is 0 Å². The molecule has 0 fully saturated rings. The van der Waals surface area contributed by atoms with Crippen molar-refractivity contribution in [3.63, 3.8) is 0 Å². The third kappa shape index (κ3) is 4.38. The molecule has 6 nitrogen and oxygen atoms in total. The lowest BCUT2D eigenvalue weighted by molar-refractivity contribution is -0.385. The lowest BCUT2D eigenvalue weighted by Gasteiger charge is -2.07. The Balaban J connectivity index is 2.55. The molecule has 94 valence electrons. The van der Waals surface area contributed by atoms with E-state index >= 15 is 0 Å². The maximum absolute atomic E-state index is 10.8. The van der Waals surface area contributed by atoms with Gasteiger partial charge in [0, 0.05) is 6.07 Å². The molecule has 17 heavy (non-hydrogen) atoms. The van der Waals surface area contributed by atoms with Crippen LogP contribution in [0, 0.1) is 17.0 Å². The highest BCUT2D eigenvalue weighted by atomic mass is 16.6. The van der Waals surface area contributed by atoms with Gasteiger partial charge in [-0.15, -0.1) is 0 Å². The van der Waals surface area contributed by atoms with Crippen molar-refractivity contribution in [3.05, 3.63) is 33.9 Å². The minimum Gasteiger partial charge on any atom is -0.484 e. The van der Waals surface area contributed by atoms with Crippen molar-refractivity contribution >= 4 is 5.69 Å². The van der Waals surface area contributed by atoms with Gasteiger partial charge in [0.05, 0.1) is 24.7 Å². The van der Waals surface area contributed by atoms with Gasteiger partial charge in [0.15, 0.2) is 5.75 Å². The predicted molar refractivity (Wildman–Crippen MR) is 61.2 cm³/mol. The Labute approximate surface area is 98.9 Å². The van der Waals surface area contributed by atoms with Gasteiger partial charge in [0.2, 0.25) is 0 Å². The van der Waals surface area contributed by atoms with E-state index in [2.05, 4.69) is 0 Å². The number of hydrogen-bond acceptors (Lipinski definition) is 5. The van der Waals surface area contributed by atoms with Crippen LogP contribution >= 0.6 is 0 Å². The zero-order valence-corrected chi connectivity index (χ0v) is 9.59. The van der Waals surface area contributed by atoms with Gasteiger partial charge in [0.1, 0.15) is 6.61 Å². The molecule has 0 unspecified atom stereocenters. The molecular weight excluding hydrogens is 226 g/mol. The number of aliphatic hydroxyl groups excluding tert-OH is 1. The number of hydrogen-bond donors (Lipinski definition) is 1. The highest BCUT2D eigenvalue weighted by Crippen LogP contribution is 2.27. The molecule has 6 heteroatoms. The van der Waals surface area contributed by atoms with E-state index in [0.29, 0.717) is 0 Å². The molecular formula is C11H15NO5. The number of benzene rings is 1. The van der Waals surface area contributed by atoms with Crippen LogP contribution in [0.25, 0.3) is 0 Å². The van der Waals surface area contributed by atoms with Crippen molar-refractivity contribution in [1.82, 2.24) is 0 Å². The predicted octanol–water partition coefficient (Wildman–Crippen LogP) is 1.29. The summed E-state index contributed by atoms with van der Waals surface area (Å²) in [7, 11) is 0. The van der Waals surface area contributed by atoms with E-state index in [-0.39, 0.29) is 37.9 Å². The summed E-state index contributed by atoms with van der Waals surface area (Å²) in [6, 6.07) is 4.78. The first-order valence-electron chi connectivity index (χ1n) is 5.21. The van der Waals surface area contributed by atoms with Crippen LogP contribution in [0.5, 0.6) is 5.75 Å². The van der Waals surface area contributed by atoms with Crippen LogP contribution in [0.1, 0.15) is 5.56 Å². The van der Waals surface area contributed by atoms with Crippen LogP contribution in [-0.4, -0.2) is 36.5 Å². The van der Waals surface area contributed by atoms with Crippen molar-refractivity contribution in [3.8, 4) is 5.75 Å². The Kier molecular flexibility index (Phi) is 5.38. The average Bonchev–Trinajstić information content (AvgIpc) is 2.30. The smallest absolute Gasteiger partial charge is 0.311 e. The second-order valence-corrected chi connectivity index (χ2v) is 3.41. The van der Waals surface area contributed by atoms with E-state index in [0.717, 1.165) is 5.56 Å². The SMILES string of the molecule is Cc1ccc(OCCOCCO)c([N+](=O)[O-])c1. The quantitative estimate of drug-likeness (QED) is 0.442. The summed E-state index contributed by atoms with van der Waals surface area (Å²) in [4.78, 5) is 10.3. The zero-order chi connectivity index (χ0) is 12.7. The number of nitro groups is 1. The van der Waals surface area contributed by atoms with Gasteiger partial charge in [-0.05, 0) is 18.6 Å². The fourth-order valence-corrected chi connectivity index (χ4v) is 1.27. The van der Waals surface area contributed by atoms with E-state index in [9.17, 15) is 10.1 Å². The molecule has 0 aliphatic carbocycles. The third-order valence-electron chi connectivity index (χ3n) is 2.03. The topological polar surface area (TPSA) is 81.8 Å². The molecule has 0 saturated carbocycles. The molecule has 0 spiro atoms. The Morgan fingerprint density at radius 1 is 1.35 bits per heavy atom. The summed E-state index contributed by atoms with van der Waals surface area (Å²) in [6.45, 7) is 2.46. The minimum atomic E-state index is -0.475. The number of rotatable bonds is 7. The molecule has 0 radical (unpaired) electrons. The highest BCUT2D eigenvalue weighted by Gasteiger charge is 2.14. The lowest BCUT2D eigenvalue weighted by Crippen LogP contribution is -2.09. The Morgan fingerprint density at radius 3 is 2.76 bits per heavy atom. The molecule has 0 amide bonds. The summed E-state index contributed by atoms with van der Waals surface area (Å²) in [5.41, 5.74) is 0.757. The summed E-state index contributed by atoms with van der Waals surface area (Å²) in [5, 5.41) is 19.2. The monoisotopic (exact) mass is 241 g/mol. The number of aryl methyl sites for hydroxylation is 1. The third-order valence-corrected chi connectivity index (χ3v) is 2.03. The van der Waals surface area contributed by atoms with Crippen molar-refractivity contribution < 1.29 is 19.5 Å². The van der Waals surface area contributed by atoms with E-state index in [1.807, 2.05) is 0 Å². The Morgan fingerprint density at radius 2 is 2.12 bits per heavy atom. The molecule has 0 saturated heterocycles. The number of nitro benzene ring substituents is 1. The number of ether oxygens (including phenoxy) is 2. The van der Waals surface area contributed by atoms with Crippen LogP contribution < -0.4 is 4.74 Å². The molecule has 1 aromatic rings.